The predicted octanol–water partition coefficient (Wildman–Crippen LogP) is 13.7. The summed E-state index contributed by atoms with van der Waals surface area (Å²) in [5.41, 5.74) is 9.50. The van der Waals surface area contributed by atoms with Gasteiger partial charge in [0.2, 0.25) is 5.95 Å². The molecule has 0 aliphatic heterocycles. The van der Waals surface area contributed by atoms with E-state index in [1.807, 2.05) is 36.4 Å². The molecule has 0 atom stereocenters. The summed E-state index contributed by atoms with van der Waals surface area (Å²) in [5, 5.41) is 13.2. The summed E-state index contributed by atoms with van der Waals surface area (Å²) in [7, 11) is 0. The standard InChI is InChI=1S/C52H30N4O/c1-2-14-31(15-3-1)49-51-50(40-22-10-13-25-48(40)57-51)54-52(53-49)56-45-24-12-9-21-39(45)43-29-42-38-20-8-11-23-44(38)55(46(42)30-47(43)56)32-26-27-37-35-18-5-4-16-33(35)34-17-6-7-19-36(34)41(37)28-32/h1-30H. The fourth-order valence-corrected chi connectivity index (χ4v) is 9.43. The van der Waals surface area contributed by atoms with E-state index in [0.29, 0.717) is 11.5 Å². The van der Waals surface area contributed by atoms with E-state index in [2.05, 4.69) is 155 Å². The normalized spacial score (nSPS) is 12.2. The van der Waals surface area contributed by atoms with Crippen LogP contribution in [0.15, 0.2) is 186 Å². The topological polar surface area (TPSA) is 48.8 Å². The zero-order valence-corrected chi connectivity index (χ0v) is 30.5. The number of para-hydroxylation sites is 3. The minimum Gasteiger partial charge on any atom is -0.452 e. The van der Waals surface area contributed by atoms with Gasteiger partial charge >= 0.3 is 0 Å². The van der Waals surface area contributed by atoms with Gasteiger partial charge in [-0.2, -0.15) is 0 Å². The molecule has 264 valence electrons. The molecule has 0 bridgehead atoms. The second-order valence-electron chi connectivity index (χ2n) is 14.9. The van der Waals surface area contributed by atoms with Gasteiger partial charge in [-0.25, -0.2) is 9.97 Å². The highest BCUT2D eigenvalue weighted by molar-refractivity contribution is 6.26. The number of nitrogens with zero attached hydrogens (tertiary/aromatic N) is 4. The maximum absolute atomic E-state index is 6.48. The molecule has 9 aromatic carbocycles. The fourth-order valence-electron chi connectivity index (χ4n) is 9.43. The highest BCUT2D eigenvalue weighted by atomic mass is 16.3. The van der Waals surface area contributed by atoms with Gasteiger partial charge in [-0.3, -0.25) is 4.57 Å². The number of hydrogen-bond donors (Lipinski definition) is 0. The Bertz CT molecular complexity index is 3780. The maximum Gasteiger partial charge on any atom is 0.236 e. The molecule has 0 radical (unpaired) electrons. The van der Waals surface area contributed by atoms with Gasteiger partial charge in [0.1, 0.15) is 16.8 Å². The molecule has 5 nitrogen and oxygen atoms in total. The highest BCUT2D eigenvalue weighted by Gasteiger charge is 2.23. The van der Waals surface area contributed by atoms with E-state index in [4.69, 9.17) is 14.4 Å². The van der Waals surface area contributed by atoms with Gasteiger partial charge in [0.25, 0.3) is 0 Å². The molecule has 5 heteroatoms. The molecule has 13 rings (SSSR count). The first-order valence-corrected chi connectivity index (χ1v) is 19.3. The first-order valence-electron chi connectivity index (χ1n) is 19.3. The van der Waals surface area contributed by atoms with E-state index in [9.17, 15) is 0 Å². The number of benzene rings is 9. The van der Waals surface area contributed by atoms with Gasteiger partial charge in [0, 0.05) is 38.2 Å². The minimum atomic E-state index is 0.602. The molecule has 0 saturated carbocycles. The monoisotopic (exact) mass is 726 g/mol. The molecule has 0 N–H and O–H groups in total. The van der Waals surface area contributed by atoms with E-state index < -0.39 is 0 Å². The van der Waals surface area contributed by atoms with Crippen LogP contribution in [0.3, 0.4) is 0 Å². The summed E-state index contributed by atoms with van der Waals surface area (Å²) in [6.45, 7) is 0. The molecule has 0 fully saturated rings. The number of fused-ring (bicyclic) bond motifs is 15. The minimum absolute atomic E-state index is 0.602. The molecule has 4 aromatic heterocycles. The molecule has 13 aromatic rings. The van der Waals surface area contributed by atoms with Crippen LogP contribution in [0, 0.1) is 0 Å². The third kappa shape index (κ3) is 4.23. The molecule has 0 amide bonds. The summed E-state index contributed by atoms with van der Waals surface area (Å²) in [5.74, 6) is 0.602. The Morgan fingerprint density at radius 2 is 0.877 bits per heavy atom. The Morgan fingerprint density at radius 1 is 0.351 bits per heavy atom. The Hall–Kier alpha value is -7.76. The van der Waals surface area contributed by atoms with E-state index in [1.165, 1.54) is 43.1 Å². The van der Waals surface area contributed by atoms with Crippen LogP contribution in [0.25, 0.3) is 121 Å². The van der Waals surface area contributed by atoms with Crippen molar-refractivity contribution in [3.63, 3.8) is 0 Å². The van der Waals surface area contributed by atoms with Crippen LogP contribution >= 0.6 is 0 Å². The summed E-state index contributed by atoms with van der Waals surface area (Å²) in [4.78, 5) is 10.7. The largest absolute Gasteiger partial charge is 0.452 e. The summed E-state index contributed by atoms with van der Waals surface area (Å²) < 4.78 is 11.1. The third-order valence-electron chi connectivity index (χ3n) is 11.9. The second-order valence-corrected chi connectivity index (χ2v) is 14.9. The van der Waals surface area contributed by atoms with Crippen molar-refractivity contribution >= 4 is 98.0 Å². The van der Waals surface area contributed by atoms with Crippen LogP contribution < -0.4 is 0 Å². The smallest absolute Gasteiger partial charge is 0.236 e. The van der Waals surface area contributed by atoms with E-state index in [0.717, 1.165) is 66.3 Å². The number of furan rings is 1. The lowest BCUT2D eigenvalue weighted by Crippen LogP contribution is -2.03. The number of hydrogen-bond acceptors (Lipinski definition) is 3. The molecule has 0 aliphatic rings. The van der Waals surface area contributed by atoms with Gasteiger partial charge in [0.05, 0.1) is 22.1 Å². The number of aromatic nitrogens is 4. The van der Waals surface area contributed by atoms with Crippen LogP contribution in [0.5, 0.6) is 0 Å². The van der Waals surface area contributed by atoms with Crippen molar-refractivity contribution in [3.8, 4) is 22.9 Å². The second kappa shape index (κ2) is 11.4. The average molecular weight is 727 g/mol. The van der Waals surface area contributed by atoms with Gasteiger partial charge in [-0.15, -0.1) is 0 Å². The maximum atomic E-state index is 6.48. The van der Waals surface area contributed by atoms with Crippen molar-refractivity contribution in [3.05, 3.63) is 182 Å². The van der Waals surface area contributed by atoms with Crippen molar-refractivity contribution < 1.29 is 4.42 Å². The molecule has 0 unspecified atom stereocenters. The van der Waals surface area contributed by atoms with Crippen LogP contribution in [-0.2, 0) is 0 Å². The van der Waals surface area contributed by atoms with E-state index in [-0.39, 0.29) is 0 Å². The predicted molar refractivity (Wildman–Crippen MR) is 236 cm³/mol. The molecular formula is C52H30N4O. The highest BCUT2D eigenvalue weighted by Crippen LogP contribution is 2.42. The molecule has 0 aliphatic carbocycles. The lowest BCUT2D eigenvalue weighted by molar-refractivity contribution is 0.666. The lowest BCUT2D eigenvalue weighted by Gasteiger charge is -2.14. The summed E-state index contributed by atoms with van der Waals surface area (Å²) in [6, 6.07) is 65.0. The summed E-state index contributed by atoms with van der Waals surface area (Å²) in [6.07, 6.45) is 0. The zero-order chi connectivity index (χ0) is 37.2. The Kier molecular flexibility index (Phi) is 6.10. The zero-order valence-electron chi connectivity index (χ0n) is 30.5. The fraction of sp³-hybridized carbons (Fsp3) is 0. The van der Waals surface area contributed by atoms with Crippen molar-refractivity contribution in [1.29, 1.82) is 0 Å². The molecule has 57 heavy (non-hydrogen) atoms. The average Bonchev–Trinajstić information content (AvgIpc) is 3.93. The Balaban J connectivity index is 1.15. The van der Waals surface area contributed by atoms with Crippen molar-refractivity contribution in [1.82, 2.24) is 19.1 Å². The molecular weight excluding hydrogens is 697 g/mol. The first kappa shape index (κ1) is 30.6. The van der Waals surface area contributed by atoms with E-state index >= 15 is 0 Å². The van der Waals surface area contributed by atoms with Gasteiger partial charge in [-0.05, 0) is 80.8 Å². The quantitative estimate of drug-likeness (QED) is 0.170. The SMILES string of the molecule is c1ccc(-c2nc(-n3c4ccccc4c4cc5c6ccccc6n(-c6ccc7c8ccccc8c8ccccc8c7c6)c5cc43)nc3c2oc2ccccc23)cc1. The first-order chi connectivity index (χ1) is 28.3. The third-order valence-corrected chi connectivity index (χ3v) is 11.9. The van der Waals surface area contributed by atoms with Crippen LogP contribution in [0.4, 0.5) is 0 Å². The van der Waals surface area contributed by atoms with Gasteiger partial charge < -0.3 is 8.98 Å². The van der Waals surface area contributed by atoms with Gasteiger partial charge in [0.15, 0.2) is 5.58 Å². The van der Waals surface area contributed by atoms with Crippen molar-refractivity contribution in [2.75, 3.05) is 0 Å². The Labute approximate surface area is 325 Å². The van der Waals surface area contributed by atoms with Crippen LogP contribution in [0.1, 0.15) is 0 Å². The van der Waals surface area contributed by atoms with Crippen molar-refractivity contribution in [2.24, 2.45) is 0 Å². The van der Waals surface area contributed by atoms with Crippen LogP contribution in [0.2, 0.25) is 0 Å². The number of rotatable bonds is 3. The van der Waals surface area contributed by atoms with Gasteiger partial charge in [-0.1, -0.05) is 133 Å². The van der Waals surface area contributed by atoms with E-state index in [1.54, 1.807) is 0 Å². The molecule has 4 heterocycles. The van der Waals surface area contributed by atoms with Crippen LogP contribution in [-0.4, -0.2) is 19.1 Å². The lowest BCUT2D eigenvalue weighted by atomic mass is 9.94. The van der Waals surface area contributed by atoms with Crippen molar-refractivity contribution in [2.45, 2.75) is 0 Å². The Morgan fingerprint density at radius 3 is 1.56 bits per heavy atom. The molecule has 0 saturated heterocycles. The summed E-state index contributed by atoms with van der Waals surface area (Å²) >= 11 is 0. The molecule has 0 spiro atoms.